The summed E-state index contributed by atoms with van der Waals surface area (Å²) in [5.74, 6) is 0. The second-order valence-electron chi connectivity index (χ2n) is 4.56. The van der Waals surface area contributed by atoms with E-state index >= 15 is 0 Å². The maximum absolute atomic E-state index is 6.21. The van der Waals surface area contributed by atoms with Crippen molar-refractivity contribution >= 4 is 0 Å². The summed E-state index contributed by atoms with van der Waals surface area (Å²) in [4.78, 5) is 0. The Morgan fingerprint density at radius 3 is 0.393 bits per heavy atom. The monoisotopic (exact) mass is 680 g/mol. The molecule has 0 heterocycles. The molecule has 4 fully saturated rings. The molecule has 0 spiro atoms. The summed E-state index contributed by atoms with van der Waals surface area (Å²) >= 11 is 0. The van der Waals surface area contributed by atoms with E-state index < -0.39 is 0 Å². The van der Waals surface area contributed by atoms with Crippen LogP contribution in [0.3, 0.4) is 0 Å². The van der Waals surface area contributed by atoms with E-state index in [0.717, 1.165) is 0 Å². The molecule has 0 amide bonds. The van der Waals surface area contributed by atoms with E-state index in [0.29, 0.717) is 13.1 Å². The average Bonchev–Trinajstić information content (AvgIpc) is 3.53. The van der Waals surface area contributed by atoms with Gasteiger partial charge in [0.05, 0.1) is 0 Å². The molecule has 4 heteroatoms. The molecular formula is C24H32Er2N2+4. The Morgan fingerprint density at radius 2 is 0.357 bits per heavy atom. The molecule has 0 aromatic rings. The van der Waals surface area contributed by atoms with Gasteiger partial charge >= 0.3 is 74.6 Å². The molecule has 4 aliphatic rings. The van der Waals surface area contributed by atoms with Crippen LogP contribution in [0.25, 0.3) is 11.5 Å². The molecule has 0 bridgehead atoms. The largest absolute Gasteiger partial charge is 3.00 e. The Morgan fingerprint density at radius 1 is 0.321 bits per heavy atom. The van der Waals surface area contributed by atoms with Gasteiger partial charge in [-0.2, -0.15) is 13.1 Å². The van der Waals surface area contributed by atoms with Crippen LogP contribution in [-0.4, -0.2) is 13.1 Å². The van der Waals surface area contributed by atoms with Gasteiger partial charge in [-0.1, -0.05) is 13.8 Å². The van der Waals surface area contributed by atoms with Crippen molar-refractivity contribution < 1.29 is 74.6 Å². The van der Waals surface area contributed by atoms with Crippen molar-refractivity contribution in [2.75, 3.05) is 13.1 Å². The maximum Gasteiger partial charge on any atom is 3.00 e. The summed E-state index contributed by atoms with van der Waals surface area (Å²) < 4.78 is 0. The van der Waals surface area contributed by atoms with Crippen LogP contribution in [0.2, 0.25) is 0 Å². The Hall–Kier alpha value is 2.41. The zero-order chi connectivity index (χ0) is 19.6. The molecule has 0 aromatic carbocycles. The van der Waals surface area contributed by atoms with Gasteiger partial charge < -0.3 is 11.5 Å². The first-order valence-corrected chi connectivity index (χ1v) is 8.79. The van der Waals surface area contributed by atoms with Crippen molar-refractivity contribution in [3.05, 3.63) is 140 Å². The molecule has 4 saturated carbocycles. The molecule has 0 aromatic heterocycles. The molecule has 0 saturated heterocycles. The van der Waals surface area contributed by atoms with Crippen LogP contribution in [0, 0.1) is 203 Å². The Labute approximate surface area is 238 Å². The number of nitrogens with one attached hydrogen (secondary N) is 2. The van der Waals surface area contributed by atoms with Crippen molar-refractivity contribution in [2.45, 2.75) is 13.8 Å². The van der Waals surface area contributed by atoms with Crippen LogP contribution in [0.15, 0.2) is 0 Å². The van der Waals surface area contributed by atoms with E-state index in [1.165, 1.54) is 0 Å². The summed E-state index contributed by atoms with van der Waals surface area (Å²) in [5.41, 5.74) is 12.4. The fourth-order valence-corrected chi connectivity index (χ4v) is 1.28. The summed E-state index contributed by atoms with van der Waals surface area (Å²) in [6.45, 7) is 4.58. The molecule has 2 nitrogen and oxygen atoms in total. The van der Waals surface area contributed by atoms with Gasteiger partial charge in [0.15, 0.2) is 0 Å². The van der Waals surface area contributed by atoms with Crippen molar-refractivity contribution in [3.8, 4) is 0 Å². The molecule has 28 heavy (non-hydrogen) atoms. The third-order valence-corrected chi connectivity index (χ3v) is 2.22. The molecule has 4 aliphatic carbocycles. The van der Waals surface area contributed by atoms with Gasteiger partial charge in [0.25, 0.3) is 0 Å². The van der Waals surface area contributed by atoms with Gasteiger partial charge in [-0.15, -0.1) is 0 Å². The SMILES string of the molecule is CC[NH-].CC[NH-].[CH]1[CH][CH][CH][CH]1.[CH]1[CH][CH][CH][CH]1.[CH]1[CH][CH][CH][CH]1.[CH]1[CH][CH][CH][CH]1.[Er+3].[Er+3]. The van der Waals surface area contributed by atoms with Crippen LogP contribution in [-0.2, 0) is 0 Å². The predicted octanol–water partition coefficient (Wildman–Crippen LogP) is 6.20. The van der Waals surface area contributed by atoms with Crippen molar-refractivity contribution in [1.82, 2.24) is 0 Å². The van der Waals surface area contributed by atoms with Crippen molar-refractivity contribution in [1.29, 1.82) is 0 Å². The minimum Gasteiger partial charge on any atom is -0.678 e. The van der Waals surface area contributed by atoms with Crippen LogP contribution >= 0.6 is 0 Å². The zero-order valence-electron chi connectivity index (χ0n) is 16.5. The molecule has 158 valence electrons. The van der Waals surface area contributed by atoms with E-state index in [2.05, 4.69) is 0 Å². The standard InChI is InChI=1S/4C5H5.2C2H6N.2Er/c4*1-2-4-5-3-1;2*1-2-3;;/h4*1-5H;2*3H,2H2,1H3;;/q;;;;2*-1;2*+3. The molecule has 2 N–H and O–H groups in total. The smallest absolute Gasteiger partial charge is 0.678 e. The van der Waals surface area contributed by atoms with Crippen LogP contribution in [0.1, 0.15) is 13.8 Å². The van der Waals surface area contributed by atoms with Gasteiger partial charge in [-0.3, -0.25) is 0 Å². The maximum atomic E-state index is 6.21. The first-order chi connectivity index (χ1) is 12.8. The third kappa shape index (κ3) is 42.5. The third-order valence-electron chi connectivity index (χ3n) is 2.22. The summed E-state index contributed by atoms with van der Waals surface area (Å²) in [6, 6.07) is 0. The molecule has 0 aliphatic heterocycles. The topological polar surface area (TPSA) is 47.6 Å². The minimum absolute atomic E-state index is 0. The molecule has 0 unspecified atom stereocenters. The average molecular weight is 683 g/mol. The number of rotatable bonds is 0. The van der Waals surface area contributed by atoms with Crippen LogP contribution in [0.4, 0.5) is 0 Å². The zero-order valence-corrected chi connectivity index (χ0v) is 20.2. The summed E-state index contributed by atoms with van der Waals surface area (Å²) in [7, 11) is 0. The van der Waals surface area contributed by atoms with E-state index in [-0.39, 0.29) is 74.6 Å². The second kappa shape index (κ2) is 39.8. The Balaban J connectivity index is -0.000000124. The number of hydrogen-bond acceptors (Lipinski definition) is 0. The fourth-order valence-electron chi connectivity index (χ4n) is 1.28. The van der Waals surface area contributed by atoms with Gasteiger partial charge in [-0.05, 0) is 128 Å². The Kier molecular flexibility index (Phi) is 53.7. The summed E-state index contributed by atoms with van der Waals surface area (Å²) in [5, 5.41) is 0. The second-order valence-corrected chi connectivity index (χ2v) is 4.56. The van der Waals surface area contributed by atoms with Gasteiger partial charge in [0, 0.05) is 0 Å². The molecule has 0 atom stereocenters. The van der Waals surface area contributed by atoms with Gasteiger partial charge in [0.2, 0.25) is 0 Å². The predicted molar refractivity (Wildman–Crippen MR) is 116 cm³/mol. The normalized spacial score (nSPS) is 18.4. The van der Waals surface area contributed by atoms with Crippen molar-refractivity contribution in [3.63, 3.8) is 0 Å². The molecular weight excluding hydrogens is 651 g/mol. The fraction of sp³-hybridized carbons (Fsp3) is 0.167. The van der Waals surface area contributed by atoms with Crippen molar-refractivity contribution in [2.24, 2.45) is 0 Å². The van der Waals surface area contributed by atoms with Crippen LogP contribution in [0.5, 0.6) is 0 Å². The van der Waals surface area contributed by atoms with Gasteiger partial charge in [0.1, 0.15) is 0 Å². The first-order valence-electron chi connectivity index (χ1n) is 8.79. The van der Waals surface area contributed by atoms with E-state index in [9.17, 15) is 0 Å². The van der Waals surface area contributed by atoms with E-state index in [1.807, 2.05) is 128 Å². The van der Waals surface area contributed by atoms with E-state index in [4.69, 9.17) is 11.5 Å². The van der Waals surface area contributed by atoms with Crippen LogP contribution < -0.4 is 0 Å². The first kappa shape index (κ1) is 37.7. The minimum atomic E-state index is 0. The molecule has 4 rings (SSSR count). The van der Waals surface area contributed by atoms with E-state index in [1.54, 1.807) is 13.8 Å². The Bertz CT molecular complexity index is 128. The summed E-state index contributed by atoms with van der Waals surface area (Å²) in [6.07, 6.45) is 40.0. The quantitative estimate of drug-likeness (QED) is 0.292. The van der Waals surface area contributed by atoms with Gasteiger partial charge in [-0.25, -0.2) is 0 Å². The molecule has 22 radical (unpaired) electrons. The number of hydrogen-bond donors (Lipinski definition) is 0.